The monoisotopic (exact) mass is 297 g/mol. The summed E-state index contributed by atoms with van der Waals surface area (Å²) in [6.07, 6.45) is 0.799. The fourth-order valence-electron chi connectivity index (χ4n) is 1.71. The molecule has 0 fully saturated rings. The zero-order chi connectivity index (χ0) is 13.5. The minimum absolute atomic E-state index is 0.0152. The molecule has 3 nitrogen and oxygen atoms in total. The van der Waals surface area contributed by atoms with Gasteiger partial charge < -0.3 is 10.1 Å². The van der Waals surface area contributed by atoms with Crippen molar-refractivity contribution in [2.24, 2.45) is 0 Å². The van der Waals surface area contributed by atoms with Crippen molar-refractivity contribution in [3.63, 3.8) is 0 Å². The number of hydrogen-bond donors (Lipinski definition) is 1. The molecule has 0 aliphatic rings. The first-order valence-corrected chi connectivity index (χ1v) is 7.57. The van der Waals surface area contributed by atoms with Crippen LogP contribution in [-0.2, 0) is 4.74 Å². The Morgan fingerprint density at radius 3 is 2.95 bits per heavy atom. The van der Waals surface area contributed by atoms with Gasteiger partial charge in [0.15, 0.2) is 0 Å². The maximum absolute atomic E-state index is 11.9. The predicted molar refractivity (Wildman–Crippen MR) is 80.3 cm³/mol. The summed E-state index contributed by atoms with van der Waals surface area (Å²) in [5.74, 6) is 0.493. The average molecular weight is 298 g/mol. The van der Waals surface area contributed by atoms with E-state index in [1.165, 1.54) is 11.3 Å². The second-order valence-electron chi connectivity index (χ2n) is 4.06. The predicted octanol–water partition coefficient (Wildman–Crippen LogP) is 3.28. The van der Waals surface area contributed by atoms with Gasteiger partial charge in [-0.3, -0.25) is 4.79 Å². The topological polar surface area (TPSA) is 38.3 Å². The van der Waals surface area contributed by atoms with Crippen molar-refractivity contribution < 1.29 is 9.53 Å². The molecule has 0 bridgehead atoms. The summed E-state index contributed by atoms with van der Waals surface area (Å²) >= 11 is 7.01. The molecular formula is C14H16ClNO2S. The van der Waals surface area contributed by atoms with Gasteiger partial charge in [0.1, 0.15) is 0 Å². The van der Waals surface area contributed by atoms with Gasteiger partial charge in [-0.25, -0.2) is 0 Å². The van der Waals surface area contributed by atoms with E-state index in [0.717, 1.165) is 21.4 Å². The van der Waals surface area contributed by atoms with Crippen LogP contribution in [-0.4, -0.2) is 31.5 Å². The van der Waals surface area contributed by atoms with Gasteiger partial charge in [0.05, 0.1) is 11.5 Å². The second-order valence-corrected chi connectivity index (χ2v) is 5.52. The molecule has 102 valence electrons. The molecule has 0 spiro atoms. The van der Waals surface area contributed by atoms with Crippen molar-refractivity contribution in [2.45, 2.75) is 6.42 Å². The lowest BCUT2D eigenvalue weighted by atomic mass is 10.2. The number of carbonyl (C=O) groups excluding carboxylic acids is 1. The Morgan fingerprint density at radius 1 is 1.32 bits per heavy atom. The number of benzene rings is 1. The number of hydrogen-bond acceptors (Lipinski definition) is 3. The highest BCUT2D eigenvalue weighted by Crippen LogP contribution is 2.24. The van der Waals surface area contributed by atoms with Crippen molar-refractivity contribution in [1.29, 1.82) is 0 Å². The number of alkyl halides is 1. The summed E-state index contributed by atoms with van der Waals surface area (Å²) in [5, 5.41) is 4.01. The number of ether oxygens (including phenoxy) is 1. The van der Waals surface area contributed by atoms with Gasteiger partial charge in [-0.15, -0.1) is 22.9 Å². The summed E-state index contributed by atoms with van der Waals surface area (Å²) in [5.41, 5.74) is 0. The first-order chi connectivity index (χ1) is 9.31. The van der Waals surface area contributed by atoms with Crippen LogP contribution in [0.1, 0.15) is 16.1 Å². The summed E-state index contributed by atoms with van der Waals surface area (Å²) in [4.78, 5) is 12.7. The van der Waals surface area contributed by atoms with E-state index >= 15 is 0 Å². The Balaban J connectivity index is 1.79. The molecule has 1 aromatic heterocycles. The van der Waals surface area contributed by atoms with Gasteiger partial charge in [0.2, 0.25) is 0 Å². The highest BCUT2D eigenvalue weighted by atomic mass is 35.5. The van der Waals surface area contributed by atoms with Gasteiger partial charge in [-0.05, 0) is 23.9 Å². The van der Waals surface area contributed by atoms with Crippen molar-refractivity contribution in [3.05, 3.63) is 35.2 Å². The smallest absolute Gasteiger partial charge is 0.261 e. The number of halogens is 1. The Kier molecular flexibility index (Phi) is 5.63. The van der Waals surface area contributed by atoms with Gasteiger partial charge in [0.25, 0.3) is 5.91 Å². The minimum atomic E-state index is -0.0152. The first kappa shape index (κ1) is 14.3. The quantitative estimate of drug-likeness (QED) is 0.629. The standard InChI is InChI=1S/C14H16ClNO2S/c15-6-9-18-8-3-7-16-14(17)13-10-11-4-1-2-5-12(11)19-13/h1-2,4-5,10H,3,6-9H2,(H,16,17). The molecule has 1 N–H and O–H groups in total. The maximum atomic E-state index is 11.9. The fourth-order valence-corrected chi connectivity index (χ4v) is 2.80. The number of rotatable bonds is 7. The Hall–Kier alpha value is -1.10. The van der Waals surface area contributed by atoms with Gasteiger partial charge in [-0.2, -0.15) is 0 Å². The van der Waals surface area contributed by atoms with E-state index < -0.39 is 0 Å². The van der Waals surface area contributed by atoms with Crippen LogP contribution < -0.4 is 5.32 Å². The summed E-state index contributed by atoms with van der Waals surface area (Å²) in [7, 11) is 0. The number of thiophene rings is 1. The average Bonchev–Trinajstić information content (AvgIpc) is 2.86. The fraction of sp³-hybridized carbons (Fsp3) is 0.357. The van der Waals surface area contributed by atoms with Crippen molar-refractivity contribution >= 4 is 38.9 Å². The molecule has 2 rings (SSSR count). The molecule has 1 amide bonds. The minimum Gasteiger partial charge on any atom is -0.380 e. The van der Waals surface area contributed by atoms with Crippen LogP contribution >= 0.6 is 22.9 Å². The maximum Gasteiger partial charge on any atom is 0.261 e. The van der Waals surface area contributed by atoms with Crippen LogP contribution in [0, 0.1) is 0 Å². The Morgan fingerprint density at radius 2 is 2.16 bits per heavy atom. The lowest BCUT2D eigenvalue weighted by Crippen LogP contribution is -2.24. The van der Waals surface area contributed by atoms with Crippen molar-refractivity contribution in [1.82, 2.24) is 5.32 Å². The van der Waals surface area contributed by atoms with E-state index in [1.807, 2.05) is 30.3 Å². The lowest BCUT2D eigenvalue weighted by Gasteiger charge is -2.03. The number of fused-ring (bicyclic) bond motifs is 1. The molecule has 0 saturated carbocycles. The van der Waals surface area contributed by atoms with Gasteiger partial charge in [0, 0.05) is 23.7 Å². The third-order valence-electron chi connectivity index (χ3n) is 2.62. The Bertz CT molecular complexity index is 508. The largest absolute Gasteiger partial charge is 0.380 e. The molecule has 0 unspecified atom stereocenters. The zero-order valence-corrected chi connectivity index (χ0v) is 12.1. The highest BCUT2D eigenvalue weighted by Gasteiger charge is 2.08. The molecule has 0 aliphatic carbocycles. The third kappa shape index (κ3) is 4.20. The lowest BCUT2D eigenvalue weighted by molar-refractivity contribution is 0.0948. The SMILES string of the molecule is O=C(NCCCOCCCl)c1cc2ccccc2s1. The van der Waals surface area contributed by atoms with Crippen LogP contribution in [0.2, 0.25) is 0 Å². The molecule has 19 heavy (non-hydrogen) atoms. The summed E-state index contributed by atoms with van der Waals surface area (Å²) < 4.78 is 6.37. The first-order valence-electron chi connectivity index (χ1n) is 6.22. The number of nitrogens with one attached hydrogen (secondary N) is 1. The van der Waals surface area contributed by atoms with Gasteiger partial charge in [-0.1, -0.05) is 18.2 Å². The highest BCUT2D eigenvalue weighted by molar-refractivity contribution is 7.20. The van der Waals surface area contributed by atoms with E-state index in [-0.39, 0.29) is 5.91 Å². The normalized spacial score (nSPS) is 10.8. The molecule has 0 saturated heterocycles. The van der Waals surface area contributed by atoms with Crippen molar-refractivity contribution in [3.8, 4) is 0 Å². The van der Waals surface area contributed by atoms with Crippen LogP contribution in [0.3, 0.4) is 0 Å². The molecular weight excluding hydrogens is 282 g/mol. The Labute approximate surface area is 121 Å². The van der Waals surface area contributed by atoms with Crippen LogP contribution in [0.25, 0.3) is 10.1 Å². The zero-order valence-electron chi connectivity index (χ0n) is 10.5. The molecule has 0 aliphatic heterocycles. The summed E-state index contributed by atoms with van der Waals surface area (Å²) in [6.45, 7) is 1.81. The molecule has 1 aromatic carbocycles. The van der Waals surface area contributed by atoms with Crippen LogP contribution in [0.5, 0.6) is 0 Å². The molecule has 1 heterocycles. The number of amides is 1. The van der Waals surface area contributed by atoms with E-state index in [1.54, 1.807) is 0 Å². The van der Waals surface area contributed by atoms with Gasteiger partial charge >= 0.3 is 0 Å². The van der Waals surface area contributed by atoms with E-state index in [2.05, 4.69) is 5.32 Å². The number of carbonyl (C=O) groups is 1. The van der Waals surface area contributed by atoms with E-state index in [4.69, 9.17) is 16.3 Å². The molecule has 2 aromatic rings. The molecule has 0 radical (unpaired) electrons. The summed E-state index contributed by atoms with van der Waals surface area (Å²) in [6, 6.07) is 9.93. The van der Waals surface area contributed by atoms with E-state index in [0.29, 0.717) is 25.6 Å². The van der Waals surface area contributed by atoms with Crippen LogP contribution in [0.15, 0.2) is 30.3 Å². The molecule has 5 heteroatoms. The third-order valence-corrected chi connectivity index (χ3v) is 3.89. The second kappa shape index (κ2) is 7.48. The van der Waals surface area contributed by atoms with Crippen molar-refractivity contribution in [2.75, 3.05) is 25.6 Å². The van der Waals surface area contributed by atoms with Crippen LogP contribution in [0.4, 0.5) is 0 Å². The molecule has 0 atom stereocenters. The van der Waals surface area contributed by atoms with E-state index in [9.17, 15) is 4.79 Å².